The van der Waals surface area contributed by atoms with Gasteiger partial charge < -0.3 is 9.64 Å². The van der Waals surface area contributed by atoms with Crippen molar-refractivity contribution < 1.29 is 4.74 Å². The molecule has 0 unspecified atom stereocenters. The van der Waals surface area contributed by atoms with Gasteiger partial charge in [-0.1, -0.05) is 35.9 Å². The lowest BCUT2D eigenvalue weighted by Gasteiger charge is -2.29. The summed E-state index contributed by atoms with van der Waals surface area (Å²) >= 11 is 0. The Morgan fingerprint density at radius 3 is 2.75 bits per heavy atom. The quantitative estimate of drug-likeness (QED) is 0.536. The molecule has 1 saturated heterocycles. The zero-order chi connectivity index (χ0) is 22.8. The lowest BCUT2D eigenvalue weighted by molar-refractivity contribution is 0.122. The van der Waals surface area contributed by atoms with Crippen LogP contribution in [0.5, 0.6) is 0 Å². The maximum absolute atomic E-state index is 5.53. The summed E-state index contributed by atoms with van der Waals surface area (Å²) in [6, 6.07) is 10.0. The van der Waals surface area contributed by atoms with E-state index < -0.39 is 0 Å². The van der Waals surface area contributed by atoms with Crippen molar-refractivity contribution in [2.75, 3.05) is 43.7 Å². The lowest BCUT2D eigenvalue weighted by Crippen LogP contribution is -2.40. The minimum atomic E-state index is 0.625. The molecule has 168 valence electrons. The summed E-state index contributed by atoms with van der Waals surface area (Å²) < 4.78 is 7.50. The Labute approximate surface area is 189 Å². The highest BCUT2D eigenvalue weighted by molar-refractivity contribution is 5.95. The Kier molecular flexibility index (Phi) is 8.51. The standard InChI is InChI=1S/C24H31N7O/c1-5-10-26-20(3)9-11-31-23(25-4)17-22(28-24(31)30-12-14-32-15-13-30)29-27-18-21-8-6-7-19(2)16-21/h5-11,16-18,29H,12-15H2,1-4H3/b10-5-,11-9+,25-23?,26-20-,27-18+. The molecule has 1 fully saturated rings. The molecule has 0 radical (unpaired) electrons. The van der Waals surface area contributed by atoms with Gasteiger partial charge in [0.1, 0.15) is 5.49 Å². The summed E-state index contributed by atoms with van der Waals surface area (Å²) in [6.45, 7) is 8.79. The smallest absolute Gasteiger partial charge is 0.213 e. The van der Waals surface area contributed by atoms with Gasteiger partial charge in [0.15, 0.2) is 5.82 Å². The number of benzene rings is 1. The van der Waals surface area contributed by atoms with Crippen molar-refractivity contribution in [3.05, 3.63) is 65.3 Å². The van der Waals surface area contributed by atoms with Gasteiger partial charge in [-0.2, -0.15) is 10.1 Å². The van der Waals surface area contributed by atoms with Gasteiger partial charge in [0, 0.05) is 44.3 Å². The summed E-state index contributed by atoms with van der Waals surface area (Å²) in [5, 5.41) is 4.38. The number of nitrogens with zero attached hydrogens (tertiary/aromatic N) is 6. The highest BCUT2D eigenvalue weighted by atomic mass is 16.5. The predicted molar refractivity (Wildman–Crippen MR) is 132 cm³/mol. The van der Waals surface area contributed by atoms with Gasteiger partial charge in [0.2, 0.25) is 5.95 Å². The molecule has 0 aliphatic carbocycles. The van der Waals surface area contributed by atoms with E-state index in [1.54, 1.807) is 19.5 Å². The van der Waals surface area contributed by atoms with Gasteiger partial charge in [-0.25, -0.2) is 0 Å². The van der Waals surface area contributed by atoms with Gasteiger partial charge in [-0.15, -0.1) is 0 Å². The van der Waals surface area contributed by atoms with Crippen LogP contribution >= 0.6 is 0 Å². The zero-order valence-corrected chi connectivity index (χ0v) is 19.2. The van der Waals surface area contributed by atoms with Crippen molar-refractivity contribution >= 4 is 29.9 Å². The van der Waals surface area contributed by atoms with Crippen LogP contribution < -0.4 is 15.8 Å². The first-order valence-electron chi connectivity index (χ1n) is 10.7. The Hall–Kier alpha value is -3.52. The average Bonchev–Trinajstić information content (AvgIpc) is 2.82. The minimum Gasteiger partial charge on any atom is -0.378 e. The molecule has 8 nitrogen and oxygen atoms in total. The summed E-state index contributed by atoms with van der Waals surface area (Å²) in [7, 11) is 1.77. The number of ether oxygens (including phenoxy) is 1. The van der Waals surface area contributed by atoms with Crippen molar-refractivity contribution in [1.82, 2.24) is 9.55 Å². The van der Waals surface area contributed by atoms with Crippen LogP contribution in [0.25, 0.3) is 6.20 Å². The molecule has 1 aliphatic heterocycles. The molecule has 0 atom stereocenters. The molecule has 32 heavy (non-hydrogen) atoms. The van der Waals surface area contributed by atoms with E-state index in [2.05, 4.69) is 44.5 Å². The monoisotopic (exact) mass is 433 g/mol. The molecular weight excluding hydrogens is 402 g/mol. The number of rotatable bonds is 7. The molecule has 2 aromatic rings. The molecular formula is C24H31N7O. The normalized spacial score (nSPS) is 16.1. The Morgan fingerprint density at radius 2 is 2.03 bits per heavy atom. The van der Waals surface area contributed by atoms with E-state index in [-0.39, 0.29) is 0 Å². The number of aryl methyl sites for hydroxylation is 1. The number of hydrazone groups is 1. The van der Waals surface area contributed by atoms with Gasteiger partial charge >= 0.3 is 0 Å². The lowest BCUT2D eigenvalue weighted by atomic mass is 10.2. The van der Waals surface area contributed by atoms with Gasteiger partial charge in [0.05, 0.1) is 19.4 Å². The van der Waals surface area contributed by atoms with E-state index in [1.165, 1.54) is 5.56 Å². The number of allylic oxidation sites excluding steroid dienone is 2. The SMILES string of the molecule is C\C=C/N=C(C)\C=C\n1c(N2CCOCC2)nc(N/N=C/c2cccc(C)c2)cc1=NC. The second-order valence-electron chi connectivity index (χ2n) is 7.35. The van der Waals surface area contributed by atoms with Gasteiger partial charge in [-0.05, 0) is 32.4 Å². The largest absolute Gasteiger partial charge is 0.378 e. The molecule has 1 aromatic carbocycles. The first-order chi connectivity index (χ1) is 15.6. The Balaban J connectivity index is 1.95. The van der Waals surface area contributed by atoms with E-state index >= 15 is 0 Å². The van der Waals surface area contributed by atoms with Crippen LogP contribution in [-0.2, 0) is 4.74 Å². The molecule has 0 saturated carbocycles. The minimum absolute atomic E-state index is 0.625. The van der Waals surface area contributed by atoms with E-state index in [9.17, 15) is 0 Å². The first-order valence-corrected chi connectivity index (χ1v) is 10.7. The molecule has 8 heteroatoms. The Bertz CT molecular complexity index is 1090. The molecule has 1 aromatic heterocycles. The summed E-state index contributed by atoms with van der Waals surface area (Å²) in [4.78, 5) is 15.9. The highest BCUT2D eigenvalue weighted by Crippen LogP contribution is 2.15. The summed E-state index contributed by atoms with van der Waals surface area (Å²) in [5.74, 6) is 1.40. The van der Waals surface area contributed by atoms with Crippen molar-refractivity contribution in [3.8, 4) is 0 Å². The Morgan fingerprint density at radius 1 is 1.22 bits per heavy atom. The molecule has 0 bridgehead atoms. The van der Waals surface area contributed by atoms with E-state index in [4.69, 9.17) is 9.72 Å². The number of aromatic nitrogens is 2. The summed E-state index contributed by atoms with van der Waals surface area (Å²) in [6.07, 6.45) is 9.35. The second-order valence-corrected chi connectivity index (χ2v) is 7.35. The fraction of sp³-hybridized carbons (Fsp3) is 0.333. The number of nitrogens with one attached hydrogen (secondary N) is 1. The van der Waals surface area contributed by atoms with Crippen molar-refractivity contribution in [1.29, 1.82) is 0 Å². The van der Waals surface area contributed by atoms with Crippen LogP contribution in [-0.4, -0.2) is 54.8 Å². The average molecular weight is 434 g/mol. The third-order valence-electron chi connectivity index (χ3n) is 4.80. The molecule has 1 N–H and O–H groups in total. The molecule has 3 rings (SSSR count). The zero-order valence-electron chi connectivity index (χ0n) is 19.2. The van der Waals surface area contributed by atoms with Crippen molar-refractivity contribution in [3.63, 3.8) is 0 Å². The maximum atomic E-state index is 5.53. The topological polar surface area (TPSA) is 79.4 Å². The number of aliphatic imine (C=N–C) groups is 1. The fourth-order valence-electron chi connectivity index (χ4n) is 3.19. The van der Waals surface area contributed by atoms with Gasteiger partial charge in [-0.3, -0.25) is 20.0 Å². The van der Waals surface area contributed by atoms with Crippen molar-refractivity contribution in [2.45, 2.75) is 20.8 Å². The number of anilines is 2. The number of hydrogen-bond acceptors (Lipinski definition) is 7. The number of morpholine rings is 1. The fourth-order valence-corrected chi connectivity index (χ4v) is 3.19. The molecule has 2 heterocycles. The van der Waals surface area contributed by atoms with Gasteiger partial charge in [0.25, 0.3) is 0 Å². The van der Waals surface area contributed by atoms with E-state index in [0.717, 1.165) is 35.8 Å². The number of hydrogen-bond donors (Lipinski definition) is 1. The first kappa shape index (κ1) is 23.1. The predicted octanol–water partition coefficient (Wildman–Crippen LogP) is 3.47. The molecule has 1 aliphatic rings. The van der Waals surface area contributed by atoms with E-state index in [1.807, 2.05) is 55.0 Å². The van der Waals surface area contributed by atoms with Crippen LogP contribution in [0.2, 0.25) is 0 Å². The van der Waals surface area contributed by atoms with Crippen LogP contribution in [0.1, 0.15) is 25.0 Å². The second kappa shape index (κ2) is 11.8. The third-order valence-corrected chi connectivity index (χ3v) is 4.80. The maximum Gasteiger partial charge on any atom is 0.213 e. The van der Waals surface area contributed by atoms with Crippen LogP contribution in [0.3, 0.4) is 0 Å². The van der Waals surface area contributed by atoms with E-state index in [0.29, 0.717) is 19.0 Å². The molecule has 0 spiro atoms. The van der Waals surface area contributed by atoms with Crippen LogP contribution in [0, 0.1) is 6.92 Å². The highest BCUT2D eigenvalue weighted by Gasteiger charge is 2.17. The molecule has 0 amide bonds. The van der Waals surface area contributed by atoms with Crippen molar-refractivity contribution in [2.24, 2.45) is 15.1 Å². The van der Waals surface area contributed by atoms with Crippen LogP contribution in [0.4, 0.5) is 11.8 Å². The van der Waals surface area contributed by atoms with Crippen LogP contribution in [0.15, 0.2) is 63.8 Å². The third kappa shape index (κ3) is 6.49. The summed E-state index contributed by atoms with van der Waals surface area (Å²) in [5.41, 5.74) is 6.91.